The second-order valence-corrected chi connectivity index (χ2v) is 16.9. The van der Waals surface area contributed by atoms with Crippen LogP contribution in [0.3, 0.4) is 0 Å². The van der Waals surface area contributed by atoms with Gasteiger partial charge in [-0.15, -0.1) is 0 Å². The van der Waals surface area contributed by atoms with E-state index >= 15 is 0 Å². The minimum atomic E-state index is -1.81. The fourth-order valence-corrected chi connectivity index (χ4v) is 10.2. The van der Waals surface area contributed by atoms with Gasteiger partial charge in [0.1, 0.15) is 5.58 Å². The molecule has 2 saturated heterocycles. The summed E-state index contributed by atoms with van der Waals surface area (Å²) in [5, 5.41) is -0.385. The molecule has 12 heteroatoms. The van der Waals surface area contributed by atoms with E-state index < -0.39 is 90.6 Å². The number of carbonyl (C=O) groups is 4. The molecule has 0 radical (unpaired) electrons. The lowest BCUT2D eigenvalue weighted by Crippen LogP contribution is -2.54. The van der Waals surface area contributed by atoms with E-state index in [1.165, 1.54) is 6.07 Å². The molecule has 0 spiro atoms. The van der Waals surface area contributed by atoms with Crippen LogP contribution in [-0.4, -0.2) is 50.6 Å². The van der Waals surface area contributed by atoms with Gasteiger partial charge in [-0.05, 0) is 71.1 Å². The Labute approximate surface area is 268 Å². The van der Waals surface area contributed by atoms with Crippen molar-refractivity contribution in [2.75, 3.05) is 0 Å². The molecule has 7 rings (SSSR count). The third-order valence-corrected chi connectivity index (χ3v) is 14.8. The molecule has 5 aliphatic rings. The molecule has 1 aromatic carbocycles. The number of ether oxygens (including phenoxy) is 4. The van der Waals surface area contributed by atoms with Crippen molar-refractivity contribution in [3.63, 3.8) is 0 Å². The maximum atomic E-state index is 14.4. The number of esters is 4. The molecular formula is C34H38O11S. The molecule has 2 saturated carbocycles. The Morgan fingerprint density at radius 1 is 0.826 bits per heavy atom. The van der Waals surface area contributed by atoms with Gasteiger partial charge in [-0.1, -0.05) is 27.7 Å². The molecule has 3 aliphatic heterocycles. The van der Waals surface area contributed by atoms with E-state index in [9.17, 15) is 28.2 Å². The number of aryl methyl sites for hydroxylation is 1. The fraction of sp³-hybridized carbons (Fsp3) is 0.618. The molecule has 2 aromatic rings. The van der Waals surface area contributed by atoms with Crippen molar-refractivity contribution >= 4 is 45.6 Å². The predicted octanol–water partition coefficient (Wildman–Crippen LogP) is 4.35. The highest BCUT2D eigenvalue weighted by atomic mass is 32.2. The third-order valence-electron chi connectivity index (χ3n) is 13.0. The lowest BCUT2D eigenvalue weighted by Gasteiger charge is -2.41. The Morgan fingerprint density at radius 3 is 1.83 bits per heavy atom. The summed E-state index contributed by atoms with van der Waals surface area (Å²) in [6.07, 6.45) is -1.47. The van der Waals surface area contributed by atoms with Gasteiger partial charge in [0, 0.05) is 22.3 Å². The summed E-state index contributed by atoms with van der Waals surface area (Å²) in [5.74, 6) is -2.66. The molecule has 11 nitrogen and oxygen atoms in total. The van der Waals surface area contributed by atoms with Crippen molar-refractivity contribution in [2.24, 2.45) is 21.7 Å². The highest BCUT2D eigenvalue weighted by Crippen LogP contribution is 2.67. The second kappa shape index (κ2) is 9.08. The maximum absolute atomic E-state index is 14.4. The molecule has 1 aromatic heterocycles. The standard InChI is InChI=1S/C34H38O11S/c1-16-15-20(35)41-23-18(16)9-10-19-21(23)24(43-28(39)34-14-12-32(8,26(37)45-34)30(34,5)6)22(17(2)46(19)40)42-27(38)33-13-11-31(7,25(36)44-33)29(33,3)4/h9-10,15,17,22,24H,11-14H2,1-8H3/t17-,22-,24+,31-,32-,33+,34+,46?/m0/s1. The van der Waals surface area contributed by atoms with Crippen molar-refractivity contribution in [1.29, 1.82) is 0 Å². The van der Waals surface area contributed by atoms with Crippen LogP contribution in [0.25, 0.3) is 11.0 Å². The number of hydrogen-bond acceptors (Lipinski definition) is 11. The molecule has 4 bridgehead atoms. The maximum Gasteiger partial charge on any atom is 0.351 e. The largest absolute Gasteiger partial charge is 0.454 e. The number of benzene rings is 1. The Balaban J connectivity index is 1.37. The smallest absolute Gasteiger partial charge is 0.351 e. The summed E-state index contributed by atoms with van der Waals surface area (Å²) in [6, 6.07) is 4.63. The Bertz CT molecular complexity index is 1870. The van der Waals surface area contributed by atoms with Crippen LogP contribution in [-0.2, 0) is 48.9 Å². The van der Waals surface area contributed by atoms with Crippen molar-refractivity contribution in [3.8, 4) is 0 Å². The van der Waals surface area contributed by atoms with Crippen molar-refractivity contribution in [1.82, 2.24) is 0 Å². The Hall–Kier alpha value is -3.54. The van der Waals surface area contributed by atoms with Gasteiger partial charge in [-0.2, -0.15) is 0 Å². The third kappa shape index (κ3) is 3.33. The summed E-state index contributed by atoms with van der Waals surface area (Å²) in [5.41, 5.74) is -6.82. The number of fused-ring (bicyclic) bond motifs is 7. The zero-order valence-electron chi connectivity index (χ0n) is 27.2. The van der Waals surface area contributed by atoms with Gasteiger partial charge in [0.2, 0.25) is 11.2 Å². The average Bonchev–Trinajstić information content (AvgIpc) is 3.45. The summed E-state index contributed by atoms with van der Waals surface area (Å²) in [4.78, 5) is 67.6. The average molecular weight is 655 g/mol. The topological polar surface area (TPSA) is 152 Å². The van der Waals surface area contributed by atoms with E-state index in [2.05, 4.69) is 0 Å². The first-order valence-corrected chi connectivity index (χ1v) is 16.9. The van der Waals surface area contributed by atoms with E-state index in [1.807, 2.05) is 0 Å². The molecule has 0 amide bonds. The van der Waals surface area contributed by atoms with Gasteiger partial charge >= 0.3 is 29.5 Å². The number of hydrogen-bond donors (Lipinski definition) is 0. The monoisotopic (exact) mass is 654 g/mol. The SMILES string of the molecule is Cc1cc(=O)oc2c3c(ccc12)S(=O)[C@@H](C)[C@H](OC(=O)[C@@]12CC[C@@](C)(C(=O)O1)C2(C)C)[C@@H]3OC(=O)[C@@]12CC[C@@](C)(C(=O)O1)C2(C)C. The highest BCUT2D eigenvalue weighted by molar-refractivity contribution is 7.85. The predicted molar refractivity (Wildman–Crippen MR) is 162 cm³/mol. The van der Waals surface area contributed by atoms with Gasteiger partial charge < -0.3 is 23.4 Å². The van der Waals surface area contributed by atoms with Crippen LogP contribution in [0.4, 0.5) is 0 Å². The lowest BCUT2D eigenvalue weighted by atomic mass is 9.66. The minimum Gasteiger partial charge on any atom is -0.454 e. The first-order valence-electron chi connectivity index (χ1n) is 15.7. The van der Waals surface area contributed by atoms with Crippen LogP contribution in [0.15, 0.2) is 32.3 Å². The molecule has 8 atom stereocenters. The molecule has 246 valence electrons. The molecule has 4 fully saturated rings. The van der Waals surface area contributed by atoms with Crippen LogP contribution in [0, 0.1) is 28.6 Å². The molecular weight excluding hydrogens is 616 g/mol. The summed E-state index contributed by atoms with van der Waals surface area (Å²) >= 11 is 0. The first-order chi connectivity index (χ1) is 21.3. The quantitative estimate of drug-likeness (QED) is 0.263. The summed E-state index contributed by atoms with van der Waals surface area (Å²) in [6.45, 7) is 14.0. The first kappa shape index (κ1) is 31.1. The Kier molecular flexibility index (Phi) is 6.13. The fourth-order valence-electron chi connectivity index (χ4n) is 8.68. The van der Waals surface area contributed by atoms with E-state index in [1.54, 1.807) is 67.5 Å². The van der Waals surface area contributed by atoms with E-state index in [-0.39, 0.29) is 28.9 Å². The van der Waals surface area contributed by atoms with Crippen molar-refractivity contribution in [2.45, 2.75) is 115 Å². The van der Waals surface area contributed by atoms with Crippen LogP contribution >= 0.6 is 0 Å². The molecule has 4 heterocycles. The molecule has 1 unspecified atom stereocenters. The van der Waals surface area contributed by atoms with Crippen molar-refractivity contribution in [3.05, 3.63) is 39.7 Å². The van der Waals surface area contributed by atoms with E-state index in [4.69, 9.17) is 23.4 Å². The van der Waals surface area contributed by atoms with Gasteiger partial charge in [0.15, 0.2) is 12.2 Å². The van der Waals surface area contributed by atoms with Gasteiger partial charge in [0.05, 0.1) is 37.3 Å². The van der Waals surface area contributed by atoms with Crippen molar-refractivity contribution < 1.29 is 46.8 Å². The van der Waals surface area contributed by atoms with Crippen LogP contribution in [0.5, 0.6) is 0 Å². The van der Waals surface area contributed by atoms with Crippen LogP contribution < -0.4 is 5.63 Å². The Morgan fingerprint density at radius 2 is 1.35 bits per heavy atom. The van der Waals surface area contributed by atoms with Crippen LogP contribution in [0.1, 0.15) is 91.4 Å². The molecule has 46 heavy (non-hydrogen) atoms. The zero-order chi connectivity index (χ0) is 33.6. The molecule has 0 N–H and O–H groups in total. The minimum absolute atomic E-state index is 0.0530. The zero-order valence-corrected chi connectivity index (χ0v) is 28.0. The molecule has 2 aliphatic carbocycles. The lowest BCUT2D eigenvalue weighted by molar-refractivity contribution is -0.202. The summed E-state index contributed by atoms with van der Waals surface area (Å²) in [7, 11) is -1.81. The van der Waals surface area contributed by atoms with E-state index in [0.29, 0.717) is 23.8 Å². The number of rotatable bonds is 4. The van der Waals surface area contributed by atoms with Gasteiger partial charge in [-0.3, -0.25) is 13.8 Å². The summed E-state index contributed by atoms with van der Waals surface area (Å²) < 4.78 is 43.8. The van der Waals surface area contributed by atoms with E-state index in [0.717, 1.165) is 0 Å². The number of carbonyl (C=O) groups excluding carboxylic acids is 4. The van der Waals surface area contributed by atoms with Gasteiger partial charge in [-0.25, -0.2) is 14.4 Å². The highest BCUT2D eigenvalue weighted by Gasteiger charge is 2.78. The second-order valence-electron chi connectivity index (χ2n) is 15.1. The van der Waals surface area contributed by atoms with Crippen LogP contribution in [0.2, 0.25) is 0 Å². The normalized spacial score (nSPS) is 39.6. The van der Waals surface area contributed by atoms with Gasteiger partial charge in [0.25, 0.3) is 0 Å².